The first-order valence-electron chi connectivity index (χ1n) is 6.49. The summed E-state index contributed by atoms with van der Waals surface area (Å²) < 4.78 is 6.45. The molecule has 0 radical (unpaired) electrons. The van der Waals surface area contributed by atoms with Gasteiger partial charge < -0.3 is 10.1 Å². The Hall–Kier alpha value is -1.81. The lowest BCUT2D eigenvalue weighted by molar-refractivity contribution is 0.102. The molecule has 3 nitrogen and oxygen atoms in total. The minimum absolute atomic E-state index is 0.148. The highest BCUT2D eigenvalue weighted by molar-refractivity contribution is 9.10. The molecule has 4 heteroatoms. The SMILES string of the molecule is CCCOc1cccc(C(=O)Nc2cccc(Br)c2)c1. The van der Waals surface area contributed by atoms with Gasteiger partial charge in [0.1, 0.15) is 5.75 Å². The summed E-state index contributed by atoms with van der Waals surface area (Å²) in [4.78, 5) is 12.2. The van der Waals surface area contributed by atoms with Crippen molar-refractivity contribution >= 4 is 27.5 Å². The van der Waals surface area contributed by atoms with Gasteiger partial charge in [0, 0.05) is 15.7 Å². The van der Waals surface area contributed by atoms with E-state index in [4.69, 9.17) is 4.74 Å². The van der Waals surface area contributed by atoms with Crippen molar-refractivity contribution in [2.24, 2.45) is 0 Å². The van der Waals surface area contributed by atoms with Crippen LogP contribution < -0.4 is 10.1 Å². The summed E-state index contributed by atoms with van der Waals surface area (Å²) in [6, 6.07) is 14.7. The second kappa shape index (κ2) is 7.10. The number of benzene rings is 2. The number of anilines is 1. The van der Waals surface area contributed by atoms with E-state index in [1.807, 2.05) is 43.3 Å². The van der Waals surface area contributed by atoms with Crippen molar-refractivity contribution in [1.82, 2.24) is 0 Å². The van der Waals surface area contributed by atoms with Crippen molar-refractivity contribution in [3.8, 4) is 5.75 Å². The van der Waals surface area contributed by atoms with Crippen LogP contribution in [0.25, 0.3) is 0 Å². The maximum atomic E-state index is 12.2. The summed E-state index contributed by atoms with van der Waals surface area (Å²) in [5, 5.41) is 2.86. The summed E-state index contributed by atoms with van der Waals surface area (Å²) in [7, 11) is 0. The second-order valence-electron chi connectivity index (χ2n) is 4.34. The molecule has 2 rings (SSSR count). The number of carbonyl (C=O) groups is 1. The molecule has 0 atom stereocenters. The van der Waals surface area contributed by atoms with Gasteiger partial charge >= 0.3 is 0 Å². The zero-order valence-electron chi connectivity index (χ0n) is 11.2. The molecule has 0 spiro atoms. The molecule has 0 aromatic heterocycles. The van der Waals surface area contributed by atoms with E-state index in [0.29, 0.717) is 17.9 Å². The lowest BCUT2D eigenvalue weighted by Gasteiger charge is -2.08. The molecule has 0 heterocycles. The van der Waals surface area contributed by atoms with Gasteiger partial charge in [-0.1, -0.05) is 35.0 Å². The van der Waals surface area contributed by atoms with Gasteiger partial charge in [0.05, 0.1) is 6.61 Å². The average molecular weight is 334 g/mol. The van der Waals surface area contributed by atoms with Crippen molar-refractivity contribution in [3.05, 3.63) is 58.6 Å². The third-order valence-corrected chi connectivity index (χ3v) is 3.14. The van der Waals surface area contributed by atoms with Crippen LogP contribution in [0.1, 0.15) is 23.7 Å². The predicted molar refractivity (Wildman–Crippen MR) is 84.3 cm³/mol. The van der Waals surface area contributed by atoms with Gasteiger partial charge in [0.2, 0.25) is 0 Å². The first-order chi connectivity index (χ1) is 9.69. The number of hydrogen-bond donors (Lipinski definition) is 1. The average Bonchev–Trinajstić information content (AvgIpc) is 2.45. The topological polar surface area (TPSA) is 38.3 Å². The highest BCUT2D eigenvalue weighted by atomic mass is 79.9. The molecule has 0 saturated heterocycles. The van der Waals surface area contributed by atoms with Crippen molar-refractivity contribution in [1.29, 1.82) is 0 Å². The van der Waals surface area contributed by atoms with Crippen LogP contribution in [0, 0.1) is 0 Å². The molecule has 1 amide bonds. The molecular formula is C16H16BrNO2. The third kappa shape index (κ3) is 4.10. The minimum atomic E-state index is -0.148. The van der Waals surface area contributed by atoms with E-state index in [-0.39, 0.29) is 5.91 Å². The zero-order valence-corrected chi connectivity index (χ0v) is 12.8. The fourth-order valence-electron chi connectivity index (χ4n) is 1.72. The van der Waals surface area contributed by atoms with Crippen LogP contribution in [-0.4, -0.2) is 12.5 Å². The van der Waals surface area contributed by atoms with E-state index in [0.717, 1.165) is 16.6 Å². The van der Waals surface area contributed by atoms with E-state index in [9.17, 15) is 4.79 Å². The summed E-state index contributed by atoms with van der Waals surface area (Å²) in [5.74, 6) is 0.568. The Morgan fingerprint density at radius 2 is 2.00 bits per heavy atom. The summed E-state index contributed by atoms with van der Waals surface area (Å²) in [5.41, 5.74) is 1.34. The molecule has 0 bridgehead atoms. The quantitative estimate of drug-likeness (QED) is 0.875. The van der Waals surface area contributed by atoms with E-state index >= 15 is 0 Å². The van der Waals surface area contributed by atoms with E-state index in [2.05, 4.69) is 21.2 Å². The first-order valence-corrected chi connectivity index (χ1v) is 7.28. The smallest absolute Gasteiger partial charge is 0.255 e. The molecule has 0 aliphatic carbocycles. The Morgan fingerprint density at radius 1 is 1.20 bits per heavy atom. The summed E-state index contributed by atoms with van der Waals surface area (Å²) in [6.07, 6.45) is 0.939. The molecule has 104 valence electrons. The van der Waals surface area contributed by atoms with E-state index in [1.54, 1.807) is 12.1 Å². The molecule has 20 heavy (non-hydrogen) atoms. The van der Waals surface area contributed by atoms with Crippen LogP contribution in [0.4, 0.5) is 5.69 Å². The van der Waals surface area contributed by atoms with Crippen molar-refractivity contribution in [2.45, 2.75) is 13.3 Å². The molecule has 0 unspecified atom stereocenters. The van der Waals surface area contributed by atoms with Crippen LogP contribution in [0.2, 0.25) is 0 Å². The van der Waals surface area contributed by atoms with Crippen LogP contribution in [0.15, 0.2) is 53.0 Å². The fourth-order valence-corrected chi connectivity index (χ4v) is 2.12. The highest BCUT2D eigenvalue weighted by Gasteiger charge is 2.07. The number of hydrogen-bond acceptors (Lipinski definition) is 2. The molecule has 0 aliphatic heterocycles. The third-order valence-electron chi connectivity index (χ3n) is 2.65. The van der Waals surface area contributed by atoms with Gasteiger partial charge in [-0.2, -0.15) is 0 Å². The predicted octanol–water partition coefficient (Wildman–Crippen LogP) is 4.49. The number of amides is 1. The number of carbonyl (C=O) groups excluding carboxylic acids is 1. The molecule has 2 aromatic carbocycles. The number of ether oxygens (including phenoxy) is 1. The number of halogens is 1. The molecule has 0 fully saturated rings. The molecule has 2 aromatic rings. The second-order valence-corrected chi connectivity index (χ2v) is 5.26. The van der Waals surface area contributed by atoms with Gasteiger partial charge in [-0.05, 0) is 42.8 Å². The van der Waals surface area contributed by atoms with Crippen LogP contribution >= 0.6 is 15.9 Å². The van der Waals surface area contributed by atoms with Crippen LogP contribution in [-0.2, 0) is 0 Å². The lowest BCUT2D eigenvalue weighted by Crippen LogP contribution is -2.12. The van der Waals surface area contributed by atoms with Crippen LogP contribution in [0.5, 0.6) is 5.75 Å². The highest BCUT2D eigenvalue weighted by Crippen LogP contribution is 2.18. The van der Waals surface area contributed by atoms with Crippen molar-refractivity contribution < 1.29 is 9.53 Å². The van der Waals surface area contributed by atoms with Crippen molar-refractivity contribution in [3.63, 3.8) is 0 Å². The Labute approximate surface area is 127 Å². The van der Waals surface area contributed by atoms with Gasteiger partial charge in [0.25, 0.3) is 5.91 Å². The molecule has 1 N–H and O–H groups in total. The van der Waals surface area contributed by atoms with Gasteiger partial charge in [-0.3, -0.25) is 4.79 Å². The molecule has 0 saturated carbocycles. The maximum Gasteiger partial charge on any atom is 0.255 e. The van der Waals surface area contributed by atoms with Crippen molar-refractivity contribution in [2.75, 3.05) is 11.9 Å². The zero-order chi connectivity index (χ0) is 14.4. The Balaban J connectivity index is 2.09. The largest absolute Gasteiger partial charge is 0.494 e. The van der Waals surface area contributed by atoms with E-state index in [1.165, 1.54) is 0 Å². The minimum Gasteiger partial charge on any atom is -0.494 e. The first kappa shape index (κ1) is 14.6. The number of rotatable bonds is 5. The number of nitrogens with one attached hydrogen (secondary N) is 1. The fraction of sp³-hybridized carbons (Fsp3) is 0.188. The summed E-state index contributed by atoms with van der Waals surface area (Å²) >= 11 is 3.38. The Kier molecular flexibility index (Phi) is 5.18. The monoisotopic (exact) mass is 333 g/mol. The lowest BCUT2D eigenvalue weighted by atomic mass is 10.2. The maximum absolute atomic E-state index is 12.2. The van der Waals surface area contributed by atoms with E-state index < -0.39 is 0 Å². The standard InChI is InChI=1S/C16H16BrNO2/c1-2-9-20-15-8-3-5-12(10-15)16(19)18-14-7-4-6-13(17)11-14/h3-8,10-11H,2,9H2,1H3,(H,18,19). The summed E-state index contributed by atoms with van der Waals surface area (Å²) in [6.45, 7) is 2.69. The van der Waals surface area contributed by atoms with Gasteiger partial charge in [-0.15, -0.1) is 0 Å². The van der Waals surface area contributed by atoms with Gasteiger partial charge in [0.15, 0.2) is 0 Å². The molecule has 0 aliphatic rings. The Bertz CT molecular complexity index is 599. The van der Waals surface area contributed by atoms with Crippen LogP contribution in [0.3, 0.4) is 0 Å². The normalized spacial score (nSPS) is 10.1. The Morgan fingerprint density at radius 3 is 2.75 bits per heavy atom. The van der Waals surface area contributed by atoms with Gasteiger partial charge in [-0.25, -0.2) is 0 Å². The molecular weight excluding hydrogens is 318 g/mol.